The van der Waals surface area contributed by atoms with Crippen molar-refractivity contribution in [2.24, 2.45) is 23.7 Å². The zero-order valence-corrected chi connectivity index (χ0v) is 91.0. The highest BCUT2D eigenvalue weighted by atomic mass is 79.9. The Hall–Kier alpha value is -8.80. The minimum absolute atomic E-state index is 0.0955. The molecule has 4 fully saturated rings. The third-order valence-corrected chi connectivity index (χ3v) is 37.1. The first kappa shape index (κ1) is 106. The molecule has 0 spiro atoms. The summed E-state index contributed by atoms with van der Waals surface area (Å²) in [6.07, 6.45) is -4.22. The molecule has 7 N–H and O–H groups in total. The second-order valence-electron chi connectivity index (χ2n) is 40.6. The van der Waals surface area contributed by atoms with Gasteiger partial charge in [0.05, 0.1) is 75.1 Å². The van der Waals surface area contributed by atoms with Gasteiger partial charge in [-0.25, -0.2) is 19.9 Å². The van der Waals surface area contributed by atoms with Crippen LogP contribution in [0.5, 0.6) is 46.5 Å². The highest BCUT2D eigenvalue weighted by Gasteiger charge is 2.82. The van der Waals surface area contributed by atoms with E-state index in [9.17, 15) is 35.7 Å². The van der Waals surface area contributed by atoms with Crippen LogP contribution in [0.4, 0.5) is 0 Å². The minimum Gasteiger partial charge on any atom is -0.481 e. The molecular formula is C110H118Br2Cl6N8O16Si. The molecule has 20 atom stereocenters. The van der Waals surface area contributed by atoms with Crippen LogP contribution in [0.15, 0.2) is 252 Å². The van der Waals surface area contributed by atoms with Gasteiger partial charge >= 0.3 is 0 Å². The molecule has 0 amide bonds. The highest BCUT2D eigenvalue weighted by Crippen LogP contribution is 2.76. The molecule has 143 heavy (non-hydrogen) atoms. The molecule has 8 aromatic carbocycles. The van der Waals surface area contributed by atoms with Gasteiger partial charge < -0.3 is 97.7 Å². The number of hydrogen-bond acceptors (Lipinski definition) is 24. The number of halogens is 8. The molecule has 4 aliphatic heterocycles. The topological polar surface area (TPSA) is 289 Å². The van der Waals surface area contributed by atoms with Gasteiger partial charge in [0, 0.05) is 117 Å². The van der Waals surface area contributed by atoms with E-state index in [1.54, 1.807) is 55.6 Å². The fourth-order valence-corrected chi connectivity index (χ4v) is 27.0. The Morgan fingerprint density at radius 2 is 0.552 bits per heavy atom. The molecular weight excluding hydrogens is 2090 g/mol. The number of nitrogens with zero attached hydrogens (tertiary/aromatic N) is 8. The molecule has 33 heteroatoms. The number of aliphatic hydroxyl groups excluding tert-OH is 3. The molecule has 8 aliphatic rings. The zero-order valence-electron chi connectivity index (χ0n) is 82.3. The summed E-state index contributed by atoms with van der Waals surface area (Å²) >= 11 is 44.9. The molecule has 4 aromatic heterocycles. The summed E-state index contributed by atoms with van der Waals surface area (Å²) in [4.78, 5) is 25.6. The van der Waals surface area contributed by atoms with Crippen LogP contribution in [0.25, 0.3) is 0 Å². The van der Waals surface area contributed by atoms with Crippen molar-refractivity contribution in [1.29, 1.82) is 0 Å². The van der Waals surface area contributed by atoms with Crippen LogP contribution in [-0.4, -0.2) is 219 Å². The molecule has 754 valence electrons. The summed E-state index contributed by atoms with van der Waals surface area (Å²) < 4.78 is 59.0. The van der Waals surface area contributed by atoms with Crippen LogP contribution in [-0.2, 0) is 49.2 Å². The van der Waals surface area contributed by atoms with Crippen LogP contribution in [0.3, 0.4) is 0 Å². The summed E-state index contributed by atoms with van der Waals surface area (Å²) in [6, 6.07) is 76.3. The number of hydrogen-bond donors (Lipinski definition) is 7. The highest BCUT2D eigenvalue weighted by molar-refractivity contribution is 9.10. The quantitative estimate of drug-likeness (QED) is 0.0245. The number of aromatic nitrogens is 4. The monoisotopic (exact) mass is 2200 g/mol. The van der Waals surface area contributed by atoms with Gasteiger partial charge in [-0.15, -0.1) is 0 Å². The molecule has 0 radical (unpaired) electrons. The maximum atomic E-state index is 13.6. The van der Waals surface area contributed by atoms with Crippen molar-refractivity contribution in [2.45, 2.75) is 132 Å². The Morgan fingerprint density at radius 1 is 0.336 bits per heavy atom. The van der Waals surface area contributed by atoms with Crippen LogP contribution in [0.2, 0.25) is 48.8 Å². The van der Waals surface area contributed by atoms with E-state index in [-0.39, 0.29) is 78.8 Å². The predicted octanol–water partition coefficient (Wildman–Crippen LogP) is 20.1. The largest absolute Gasteiger partial charge is 0.481 e. The molecule has 8 heterocycles. The lowest BCUT2D eigenvalue weighted by Crippen LogP contribution is -2.56. The van der Waals surface area contributed by atoms with E-state index in [4.69, 9.17) is 112 Å². The Labute approximate surface area is 882 Å². The van der Waals surface area contributed by atoms with Crippen LogP contribution < -0.4 is 37.9 Å². The van der Waals surface area contributed by atoms with Crippen LogP contribution >= 0.6 is 101 Å². The number of methoxy groups -OCH3 is 4. The fraction of sp³-hybridized carbons (Fsp3) is 0.382. The van der Waals surface area contributed by atoms with Crippen LogP contribution in [0, 0.1) is 23.7 Å². The molecule has 4 saturated carbocycles. The average Bonchev–Trinajstić information content (AvgIpc) is 1.50. The Bertz CT molecular complexity index is 6170. The number of rotatable bonds is 22. The normalized spacial score (nSPS) is 29.0. The van der Waals surface area contributed by atoms with Gasteiger partial charge in [-0.3, -0.25) is 0 Å². The first-order valence-corrected chi connectivity index (χ1v) is 53.8. The number of benzene rings is 8. The number of fused-ring (bicyclic) bond motifs is 12. The molecule has 4 aliphatic carbocycles. The molecule has 12 aromatic rings. The number of aliphatic hydroxyl groups is 7. The van der Waals surface area contributed by atoms with Crippen molar-refractivity contribution in [3.8, 4) is 46.5 Å². The smallest absolute Gasteiger partial charge is 0.224 e. The maximum absolute atomic E-state index is 13.6. The molecule has 0 unspecified atom stereocenters. The predicted molar refractivity (Wildman–Crippen MR) is 564 cm³/mol. The maximum Gasteiger partial charge on any atom is 0.224 e. The third kappa shape index (κ3) is 17.2. The van der Waals surface area contributed by atoms with Crippen molar-refractivity contribution < 1.29 is 78.1 Å². The van der Waals surface area contributed by atoms with Gasteiger partial charge in [-0.2, -0.15) is 0 Å². The van der Waals surface area contributed by atoms with Crippen molar-refractivity contribution in [3.63, 3.8) is 0 Å². The lowest BCUT2D eigenvalue weighted by Gasteiger charge is -2.45. The van der Waals surface area contributed by atoms with E-state index in [0.29, 0.717) is 92.6 Å². The lowest BCUT2D eigenvalue weighted by atomic mass is 9.71. The average molecular weight is 2210 g/mol. The van der Waals surface area contributed by atoms with E-state index >= 15 is 0 Å². The first-order valence-electron chi connectivity index (χ1n) is 47.1. The zero-order chi connectivity index (χ0) is 103. The van der Waals surface area contributed by atoms with E-state index in [1.807, 2.05) is 239 Å². The lowest BCUT2D eigenvalue weighted by molar-refractivity contribution is -0.152. The van der Waals surface area contributed by atoms with Gasteiger partial charge in [0.2, 0.25) is 23.5 Å². The molecule has 20 rings (SSSR count). The Kier molecular flexibility index (Phi) is 29.8. The van der Waals surface area contributed by atoms with Gasteiger partial charge in [-0.1, -0.05) is 292 Å². The number of ether oxygens (including phenoxy) is 8. The summed E-state index contributed by atoms with van der Waals surface area (Å²) in [7, 11) is 19.3. The summed E-state index contributed by atoms with van der Waals surface area (Å²) in [5.41, 5.74) is -4.41. The Morgan fingerprint density at radius 3 is 0.783 bits per heavy atom. The first-order chi connectivity index (χ1) is 67.9. The van der Waals surface area contributed by atoms with Gasteiger partial charge in [-0.05, 0) is 168 Å². The van der Waals surface area contributed by atoms with E-state index in [0.717, 1.165) is 42.3 Å². The van der Waals surface area contributed by atoms with Gasteiger partial charge in [0.15, 0.2) is 53.1 Å². The molecule has 24 nitrogen and oxygen atoms in total. The van der Waals surface area contributed by atoms with Gasteiger partial charge in [0.1, 0.15) is 43.6 Å². The van der Waals surface area contributed by atoms with E-state index in [2.05, 4.69) is 117 Å². The van der Waals surface area contributed by atoms with Crippen molar-refractivity contribution in [1.82, 2.24) is 39.5 Å². The summed E-state index contributed by atoms with van der Waals surface area (Å²) in [6.45, 7) is 13.3. The molecule has 0 bridgehead atoms. The van der Waals surface area contributed by atoms with E-state index in [1.165, 1.54) is 21.3 Å². The minimum atomic E-state index is -2.43. The summed E-state index contributed by atoms with van der Waals surface area (Å²) in [5.74, 6) is -0.704. The second-order valence-corrected chi connectivity index (χ2v) is 49.7. The van der Waals surface area contributed by atoms with Crippen molar-refractivity contribution in [2.75, 3.05) is 111 Å². The molecule has 0 saturated heterocycles. The summed E-state index contributed by atoms with van der Waals surface area (Å²) in [5, 5.41) is 89.2. The SMILES string of the molecule is COc1nc(Cl)cc2c1[C@]1(O)[C@H](O)[C@H](CN(C)C)[C@@H](c3ccccc3)[C@]1(c1ccc(Br)cc1)O2.COc1nc(Cl)cc2c1[C@]1(O)[C@H](O)[C@H](CN(C)C)[C@@H](c3ccccc3)[C@]1(c1ccc(Cl)cc1)O2.COc1nc(Cl)cc2c1[C@]1(O)[C@H](O)[C@H](CN(C)C)[C@@H](c3ccccc3)[C@]1(c1ccc(Cl)cc1)O2.COc1nc(Cl)cc2c1[C@]1(O)[C@H](O[Si](C)(C)C(C)(C)C)[C@H](CN(C)C)[C@@H](c3ccccc3)[C@]1(c1ccc(Br)cc1)O2. The number of pyridine rings is 4. The van der Waals surface area contributed by atoms with Crippen LogP contribution in [0.1, 0.15) is 111 Å². The third-order valence-electron chi connectivity index (χ3n) is 30.3. The fourth-order valence-electron chi connectivity index (χ4n) is 24.1. The van der Waals surface area contributed by atoms with Crippen molar-refractivity contribution in [3.05, 3.63) is 349 Å². The van der Waals surface area contributed by atoms with Crippen molar-refractivity contribution >= 4 is 110 Å². The van der Waals surface area contributed by atoms with E-state index < -0.39 is 95.3 Å². The standard InChI is InChI=1S/C32H40BrClN2O4Si.C26H26BrClN2O4.2C26H26Cl2N2O4/c1-30(2,3)41(7,8)40-28-23(19-36(4)5)26(20-12-10-9-11-13-20)32(21-14-16-22(33)17-15-21)31(28,37)27-24(39-32)18-25(34)35-29(27)38-6;3*1-30(2)14-18-21(15-7-5-4-6-8-15)26(16-9-11-17(27)12-10-16)25(32,23(18)31)22-19(34-26)13-20(28)29-24(22)33-3/h9-18,23,26,28,37H,19H2,1-8H3;3*4-13,18,21,23,31-32H,14H2,1-3H3/t23-,26-,28-,31+,32+;3*18-,21-,23-,25+,26+/m1111/s1. The van der Waals surface area contributed by atoms with Gasteiger partial charge in [0.25, 0.3) is 0 Å². The Balaban J connectivity index is 0.000000131. The second kappa shape index (κ2) is 40.3.